The number of hydrogen-bond acceptors (Lipinski definition) is 3. The second-order valence-electron chi connectivity index (χ2n) is 3.86. The number of carbonyl (C=O) groups excluding carboxylic acids is 1. The molecule has 1 aromatic rings. The Morgan fingerprint density at radius 2 is 1.93 bits per heavy atom. The van der Waals surface area contributed by atoms with Gasteiger partial charge in [0.05, 0.1) is 0 Å². The molecule has 1 unspecified atom stereocenters. The predicted molar refractivity (Wildman–Crippen MR) is 57.1 cm³/mol. The summed E-state index contributed by atoms with van der Waals surface area (Å²) in [5.74, 6) is -1.03. The van der Waals surface area contributed by atoms with Crippen LogP contribution in [-0.4, -0.2) is 12.0 Å². The van der Waals surface area contributed by atoms with Gasteiger partial charge in [0.2, 0.25) is 0 Å². The molecule has 0 aliphatic rings. The molecule has 0 fully saturated rings. The summed E-state index contributed by atoms with van der Waals surface area (Å²) in [7, 11) is 0. The first-order valence-electron chi connectivity index (χ1n) is 5.10. The van der Waals surface area contributed by atoms with E-state index in [1.807, 2.05) is 44.2 Å². The summed E-state index contributed by atoms with van der Waals surface area (Å²) < 4.78 is 0. The summed E-state index contributed by atoms with van der Waals surface area (Å²) in [5, 5.41) is 13.8. The zero-order valence-corrected chi connectivity index (χ0v) is 9.07. The highest BCUT2D eigenvalue weighted by Crippen LogP contribution is 2.16. The molecule has 0 aliphatic carbocycles. The predicted octanol–water partition coefficient (Wildman–Crippen LogP) is 0.866. The summed E-state index contributed by atoms with van der Waals surface area (Å²) in [6.45, 7) is 3.98. The highest BCUT2D eigenvalue weighted by molar-refractivity contribution is 5.65. The van der Waals surface area contributed by atoms with Gasteiger partial charge in [0.1, 0.15) is 0 Å². The van der Waals surface area contributed by atoms with Crippen molar-refractivity contribution >= 4 is 5.97 Å². The van der Waals surface area contributed by atoms with Gasteiger partial charge in [-0.25, -0.2) is 0 Å². The first-order chi connectivity index (χ1) is 7.09. The van der Waals surface area contributed by atoms with Gasteiger partial charge in [-0.05, 0) is 5.56 Å². The van der Waals surface area contributed by atoms with E-state index in [1.54, 1.807) is 0 Å². The van der Waals surface area contributed by atoms with Crippen LogP contribution < -0.4 is 10.4 Å². The Bertz CT molecular complexity index is 309. The Morgan fingerprint density at radius 3 is 2.40 bits per heavy atom. The van der Waals surface area contributed by atoms with Gasteiger partial charge in [-0.15, -0.1) is 0 Å². The topological polar surface area (TPSA) is 52.2 Å². The first-order valence-corrected chi connectivity index (χ1v) is 5.10. The van der Waals surface area contributed by atoms with Crippen LogP contribution in [0, 0.1) is 0 Å². The minimum atomic E-state index is -1.03. The van der Waals surface area contributed by atoms with Crippen LogP contribution in [0.15, 0.2) is 30.3 Å². The molecule has 1 N–H and O–H groups in total. The maximum Gasteiger partial charge on any atom is 0.0433 e. The average molecular weight is 206 g/mol. The van der Waals surface area contributed by atoms with Crippen molar-refractivity contribution in [2.45, 2.75) is 32.4 Å². The maximum absolute atomic E-state index is 10.6. The molecule has 0 bridgehead atoms. The number of rotatable bonds is 5. The Labute approximate surface area is 90.1 Å². The molecule has 0 aliphatic heterocycles. The molecule has 1 rings (SSSR count). The van der Waals surface area contributed by atoms with E-state index >= 15 is 0 Å². The first kappa shape index (κ1) is 11.7. The quantitative estimate of drug-likeness (QED) is 0.777. The van der Waals surface area contributed by atoms with Crippen LogP contribution in [0.1, 0.15) is 31.9 Å². The van der Waals surface area contributed by atoms with Crippen LogP contribution in [-0.2, 0) is 4.79 Å². The van der Waals surface area contributed by atoms with Gasteiger partial charge in [-0.3, -0.25) is 0 Å². The van der Waals surface area contributed by atoms with Gasteiger partial charge in [0.15, 0.2) is 0 Å². The van der Waals surface area contributed by atoms with Gasteiger partial charge < -0.3 is 15.2 Å². The number of nitrogens with one attached hydrogen (secondary N) is 1. The Hall–Kier alpha value is -1.35. The number of carboxylic acids is 1. The van der Waals surface area contributed by atoms with Crippen LogP contribution in [0.5, 0.6) is 0 Å². The zero-order valence-electron chi connectivity index (χ0n) is 9.07. The molecule has 0 saturated carbocycles. The molecular weight excluding hydrogens is 190 g/mol. The van der Waals surface area contributed by atoms with Crippen LogP contribution in [0.25, 0.3) is 0 Å². The fourth-order valence-corrected chi connectivity index (χ4v) is 1.53. The molecular formula is C12H16NO2-. The second-order valence-corrected chi connectivity index (χ2v) is 3.86. The zero-order chi connectivity index (χ0) is 11.3. The molecule has 0 amide bonds. The molecule has 15 heavy (non-hydrogen) atoms. The maximum atomic E-state index is 10.6. The van der Waals surface area contributed by atoms with Crippen molar-refractivity contribution in [2.75, 3.05) is 0 Å². The molecule has 0 heterocycles. The van der Waals surface area contributed by atoms with E-state index < -0.39 is 5.97 Å². The van der Waals surface area contributed by atoms with Crippen molar-refractivity contribution in [2.24, 2.45) is 0 Å². The number of carbonyl (C=O) groups is 1. The van der Waals surface area contributed by atoms with Gasteiger partial charge in [-0.2, -0.15) is 0 Å². The summed E-state index contributed by atoms with van der Waals surface area (Å²) in [4.78, 5) is 10.6. The second kappa shape index (κ2) is 5.51. The third-order valence-electron chi connectivity index (χ3n) is 2.11. The number of carboxylic acid groups (broad SMARTS) is 1. The van der Waals surface area contributed by atoms with Gasteiger partial charge in [-0.1, -0.05) is 44.2 Å². The molecule has 3 nitrogen and oxygen atoms in total. The third-order valence-corrected chi connectivity index (χ3v) is 2.11. The van der Waals surface area contributed by atoms with E-state index in [0.717, 1.165) is 5.56 Å². The van der Waals surface area contributed by atoms with Gasteiger partial charge >= 0.3 is 0 Å². The molecule has 1 atom stereocenters. The number of hydrogen-bond donors (Lipinski definition) is 1. The molecule has 0 saturated heterocycles. The van der Waals surface area contributed by atoms with Crippen molar-refractivity contribution in [3.8, 4) is 0 Å². The lowest BCUT2D eigenvalue weighted by Crippen LogP contribution is -2.34. The lowest BCUT2D eigenvalue weighted by atomic mass is 10.0. The third kappa shape index (κ3) is 4.13. The number of benzene rings is 1. The normalized spacial score (nSPS) is 12.7. The largest absolute Gasteiger partial charge is 0.550 e. The van der Waals surface area contributed by atoms with Gasteiger partial charge in [0.25, 0.3) is 0 Å². The van der Waals surface area contributed by atoms with Crippen LogP contribution in [0.3, 0.4) is 0 Å². The SMILES string of the molecule is CC(C)NC(CC(=O)[O-])c1ccccc1. The molecule has 0 spiro atoms. The van der Waals surface area contributed by atoms with E-state index in [0.29, 0.717) is 0 Å². The lowest BCUT2D eigenvalue weighted by molar-refractivity contribution is -0.306. The molecule has 0 radical (unpaired) electrons. The van der Waals surface area contributed by atoms with E-state index in [4.69, 9.17) is 0 Å². The smallest absolute Gasteiger partial charge is 0.0433 e. The fraction of sp³-hybridized carbons (Fsp3) is 0.417. The van der Waals surface area contributed by atoms with Crippen LogP contribution in [0.4, 0.5) is 0 Å². The van der Waals surface area contributed by atoms with E-state index in [-0.39, 0.29) is 18.5 Å². The fourth-order valence-electron chi connectivity index (χ4n) is 1.53. The van der Waals surface area contributed by atoms with Crippen molar-refractivity contribution in [3.63, 3.8) is 0 Å². The van der Waals surface area contributed by atoms with Gasteiger partial charge in [0, 0.05) is 24.5 Å². The molecule has 82 valence electrons. The Balaban J connectivity index is 2.76. The molecule has 0 aromatic heterocycles. The van der Waals surface area contributed by atoms with Crippen molar-refractivity contribution in [3.05, 3.63) is 35.9 Å². The minimum Gasteiger partial charge on any atom is -0.550 e. The number of aliphatic carboxylic acids is 1. The summed E-state index contributed by atoms with van der Waals surface area (Å²) in [5.41, 5.74) is 0.982. The summed E-state index contributed by atoms with van der Waals surface area (Å²) >= 11 is 0. The minimum absolute atomic E-state index is 0.00218. The van der Waals surface area contributed by atoms with E-state index in [1.165, 1.54) is 0 Å². The molecule has 3 heteroatoms. The lowest BCUT2D eigenvalue weighted by Gasteiger charge is -2.22. The van der Waals surface area contributed by atoms with Crippen molar-refractivity contribution in [1.82, 2.24) is 5.32 Å². The average Bonchev–Trinajstić information content (AvgIpc) is 2.17. The van der Waals surface area contributed by atoms with Crippen molar-refractivity contribution < 1.29 is 9.90 Å². The standard InChI is InChI=1S/C12H17NO2/c1-9(2)13-11(8-12(14)15)10-6-4-3-5-7-10/h3-7,9,11,13H,8H2,1-2H3,(H,14,15)/p-1. The van der Waals surface area contributed by atoms with Crippen molar-refractivity contribution in [1.29, 1.82) is 0 Å². The van der Waals surface area contributed by atoms with Crippen LogP contribution >= 0.6 is 0 Å². The molecule has 1 aromatic carbocycles. The monoisotopic (exact) mass is 206 g/mol. The summed E-state index contributed by atoms with van der Waals surface area (Å²) in [6, 6.07) is 9.63. The Kier molecular flexibility index (Phi) is 4.31. The highest BCUT2D eigenvalue weighted by Gasteiger charge is 2.11. The van der Waals surface area contributed by atoms with Crippen LogP contribution in [0.2, 0.25) is 0 Å². The summed E-state index contributed by atoms with van der Waals surface area (Å²) in [6.07, 6.45) is 0.00218. The van der Waals surface area contributed by atoms with E-state index in [2.05, 4.69) is 5.32 Å². The highest BCUT2D eigenvalue weighted by atomic mass is 16.4. The van der Waals surface area contributed by atoms with E-state index in [9.17, 15) is 9.90 Å². The Morgan fingerprint density at radius 1 is 1.33 bits per heavy atom.